The monoisotopic (exact) mass is 78.0 g/mol. The molecule has 0 saturated carbocycles. The van der Waals surface area contributed by atoms with Crippen molar-refractivity contribution in [3.8, 4) is 0 Å². The van der Waals surface area contributed by atoms with Gasteiger partial charge in [-0.25, -0.2) is 11.8 Å². The van der Waals surface area contributed by atoms with E-state index < -0.39 is 0 Å². The molecule has 0 aliphatic heterocycles. The first kappa shape index (κ1) is 4.84. The maximum Gasteiger partial charge on any atom is 0.186 e. The second-order valence-corrected chi connectivity index (χ2v) is 0.451. The van der Waals surface area contributed by atoms with Crippen LogP contribution in [0.5, 0.6) is 0 Å². The van der Waals surface area contributed by atoms with Crippen LogP contribution in [-0.4, -0.2) is 6.79 Å². The highest BCUT2D eigenvalue weighted by molar-refractivity contribution is 3.76. The summed E-state index contributed by atoms with van der Waals surface area (Å²) in [4.78, 5) is 7.69. The Labute approximate surface area is 29.6 Å². The van der Waals surface area contributed by atoms with E-state index >= 15 is 0 Å². The van der Waals surface area contributed by atoms with E-state index in [0.29, 0.717) is 0 Å². The van der Waals surface area contributed by atoms with E-state index in [1.807, 2.05) is 0 Å². The molecule has 5 heavy (non-hydrogen) atoms. The standard InChI is InChI=1S/CH6N2O2/c2-4-1-5-3/h1-3H2. The van der Waals surface area contributed by atoms with Crippen molar-refractivity contribution in [1.29, 1.82) is 0 Å². The van der Waals surface area contributed by atoms with Crippen molar-refractivity contribution in [3.05, 3.63) is 0 Å². The van der Waals surface area contributed by atoms with Crippen molar-refractivity contribution < 1.29 is 9.68 Å². The summed E-state index contributed by atoms with van der Waals surface area (Å²) in [6.07, 6.45) is 0. The molecular formula is CH6N2O2. The van der Waals surface area contributed by atoms with Gasteiger partial charge in [0.1, 0.15) is 0 Å². The maximum atomic E-state index is 4.43. The third kappa shape index (κ3) is 3.84. The Morgan fingerprint density at radius 2 is 1.60 bits per heavy atom. The zero-order valence-electron chi connectivity index (χ0n) is 2.68. The predicted octanol–water partition coefficient (Wildman–Crippen LogP) is -1.28. The van der Waals surface area contributed by atoms with Gasteiger partial charge in [-0.1, -0.05) is 0 Å². The molecule has 0 aromatic rings. The van der Waals surface area contributed by atoms with Gasteiger partial charge in [0, 0.05) is 0 Å². The van der Waals surface area contributed by atoms with Crippen LogP contribution in [0.1, 0.15) is 0 Å². The number of nitrogens with two attached hydrogens (primary N) is 2. The molecule has 0 aromatic heterocycles. The third-order valence-corrected chi connectivity index (χ3v) is 0.136. The molecule has 32 valence electrons. The zero-order chi connectivity index (χ0) is 4.12. The fraction of sp³-hybridized carbons (Fsp3) is 1.00. The molecule has 0 unspecified atom stereocenters. The molecule has 0 spiro atoms. The molecule has 4 heteroatoms. The molecule has 0 bridgehead atoms. The fourth-order valence-electron chi connectivity index (χ4n) is 0.0393. The molecule has 0 aliphatic rings. The van der Waals surface area contributed by atoms with Crippen LogP contribution in [0.3, 0.4) is 0 Å². The summed E-state index contributed by atoms with van der Waals surface area (Å²) in [5, 5.41) is 0. The molecular weight excluding hydrogens is 72.0 g/mol. The van der Waals surface area contributed by atoms with E-state index in [2.05, 4.69) is 21.5 Å². The summed E-state index contributed by atoms with van der Waals surface area (Å²) in [7, 11) is 0. The highest BCUT2D eigenvalue weighted by Crippen LogP contribution is 1.50. The Bertz CT molecular complexity index is 15.1. The molecule has 0 aliphatic carbocycles. The smallest absolute Gasteiger partial charge is 0.186 e. The van der Waals surface area contributed by atoms with Crippen molar-refractivity contribution in [2.75, 3.05) is 6.79 Å². The lowest BCUT2D eigenvalue weighted by molar-refractivity contribution is -0.0570. The van der Waals surface area contributed by atoms with E-state index in [1.54, 1.807) is 0 Å². The largest absolute Gasteiger partial charge is 0.274 e. The van der Waals surface area contributed by atoms with Crippen molar-refractivity contribution in [2.45, 2.75) is 0 Å². The Hall–Kier alpha value is -0.160. The Kier molecular flexibility index (Phi) is 3.72. The van der Waals surface area contributed by atoms with Gasteiger partial charge < -0.3 is 0 Å². The second kappa shape index (κ2) is 3.84. The number of rotatable bonds is 2. The molecule has 4 N–H and O–H groups in total. The van der Waals surface area contributed by atoms with Crippen LogP contribution >= 0.6 is 0 Å². The van der Waals surface area contributed by atoms with Gasteiger partial charge in [-0.3, -0.25) is 9.68 Å². The summed E-state index contributed by atoms with van der Waals surface area (Å²) in [6, 6.07) is 0. The molecule has 0 heterocycles. The lowest BCUT2D eigenvalue weighted by Gasteiger charge is -1.86. The van der Waals surface area contributed by atoms with Gasteiger partial charge in [0.05, 0.1) is 0 Å². The van der Waals surface area contributed by atoms with E-state index in [0.717, 1.165) is 0 Å². The van der Waals surface area contributed by atoms with Gasteiger partial charge in [0.2, 0.25) is 0 Å². The average Bonchev–Trinajstić information content (AvgIpc) is 1.41. The van der Waals surface area contributed by atoms with Crippen molar-refractivity contribution >= 4 is 0 Å². The molecule has 0 fully saturated rings. The number of hydrogen-bond acceptors (Lipinski definition) is 4. The summed E-state index contributed by atoms with van der Waals surface area (Å²) in [6.45, 7) is -0.0556. The molecule has 0 rings (SSSR count). The van der Waals surface area contributed by atoms with Crippen LogP contribution in [0.15, 0.2) is 0 Å². The molecule has 0 amide bonds. The molecule has 4 nitrogen and oxygen atoms in total. The van der Waals surface area contributed by atoms with Crippen LogP contribution < -0.4 is 11.8 Å². The second-order valence-electron chi connectivity index (χ2n) is 0.451. The lowest BCUT2D eigenvalue weighted by Crippen LogP contribution is -2.08. The summed E-state index contributed by atoms with van der Waals surface area (Å²) < 4.78 is 0. The number of hydrogen-bond donors (Lipinski definition) is 2. The Morgan fingerprint density at radius 1 is 1.20 bits per heavy atom. The van der Waals surface area contributed by atoms with Gasteiger partial charge in [0.15, 0.2) is 6.79 Å². The van der Waals surface area contributed by atoms with Crippen LogP contribution in [0.25, 0.3) is 0 Å². The van der Waals surface area contributed by atoms with E-state index in [1.165, 1.54) is 0 Å². The van der Waals surface area contributed by atoms with Crippen LogP contribution in [0.2, 0.25) is 0 Å². The normalized spacial score (nSPS) is 8.40. The fourth-order valence-corrected chi connectivity index (χ4v) is 0.0393. The van der Waals surface area contributed by atoms with Gasteiger partial charge in [0.25, 0.3) is 0 Å². The predicted molar refractivity (Wildman–Crippen MR) is 15.4 cm³/mol. The van der Waals surface area contributed by atoms with Crippen molar-refractivity contribution in [2.24, 2.45) is 11.8 Å². The first-order valence-corrected chi connectivity index (χ1v) is 1.05. The Morgan fingerprint density at radius 3 is 1.60 bits per heavy atom. The SMILES string of the molecule is NOCON. The topological polar surface area (TPSA) is 70.5 Å². The van der Waals surface area contributed by atoms with E-state index in [4.69, 9.17) is 0 Å². The van der Waals surface area contributed by atoms with Crippen molar-refractivity contribution in [3.63, 3.8) is 0 Å². The van der Waals surface area contributed by atoms with Gasteiger partial charge in [-0.15, -0.1) is 0 Å². The van der Waals surface area contributed by atoms with Gasteiger partial charge in [-0.2, -0.15) is 0 Å². The zero-order valence-corrected chi connectivity index (χ0v) is 2.68. The Balaban J connectivity index is 2.19. The highest BCUT2D eigenvalue weighted by Gasteiger charge is 1.64. The quantitative estimate of drug-likeness (QED) is 0.319. The highest BCUT2D eigenvalue weighted by atomic mass is 16.8. The molecule has 0 saturated heterocycles. The summed E-state index contributed by atoms with van der Waals surface area (Å²) >= 11 is 0. The van der Waals surface area contributed by atoms with E-state index in [9.17, 15) is 0 Å². The minimum Gasteiger partial charge on any atom is -0.274 e. The van der Waals surface area contributed by atoms with E-state index in [-0.39, 0.29) is 6.79 Å². The minimum atomic E-state index is -0.0556. The molecule has 0 atom stereocenters. The van der Waals surface area contributed by atoms with Crippen molar-refractivity contribution in [1.82, 2.24) is 0 Å². The lowest BCUT2D eigenvalue weighted by atomic mass is 11.5. The third-order valence-electron chi connectivity index (χ3n) is 0.136. The minimum absolute atomic E-state index is 0.0556. The first-order valence-electron chi connectivity index (χ1n) is 1.05. The summed E-state index contributed by atoms with van der Waals surface area (Å²) in [5.41, 5.74) is 0. The first-order chi connectivity index (χ1) is 2.41. The maximum absolute atomic E-state index is 4.43. The molecule has 0 radical (unpaired) electrons. The van der Waals surface area contributed by atoms with Gasteiger partial charge >= 0.3 is 0 Å². The summed E-state index contributed by atoms with van der Waals surface area (Å²) in [5.74, 6) is 8.87. The average molecular weight is 78.1 g/mol. The molecule has 0 aromatic carbocycles. The van der Waals surface area contributed by atoms with Crippen LogP contribution in [0, 0.1) is 0 Å². The van der Waals surface area contributed by atoms with Crippen LogP contribution in [0.4, 0.5) is 0 Å². The van der Waals surface area contributed by atoms with Crippen LogP contribution in [-0.2, 0) is 9.68 Å². The van der Waals surface area contributed by atoms with Gasteiger partial charge in [-0.05, 0) is 0 Å².